The molecule has 1 heterocycles. The van der Waals surface area contributed by atoms with Crippen LogP contribution in [0.1, 0.15) is 5.56 Å². The monoisotopic (exact) mass is 272 g/mol. The predicted molar refractivity (Wildman–Crippen MR) is 70.4 cm³/mol. The molecule has 0 spiro atoms. The quantitative estimate of drug-likeness (QED) is 0.906. The van der Waals surface area contributed by atoms with E-state index >= 15 is 0 Å². The molecule has 1 fully saturated rings. The molecular weight excluding hydrogens is 255 g/mol. The Labute approximate surface area is 112 Å². The molecule has 0 radical (unpaired) electrons. The van der Waals surface area contributed by atoms with Crippen LogP contribution in [0.5, 0.6) is 0 Å². The third-order valence-corrected chi connectivity index (χ3v) is 3.33. The molecule has 1 aliphatic rings. The Hall–Kier alpha value is -0.680. The van der Waals surface area contributed by atoms with Crippen LogP contribution in [-0.4, -0.2) is 44.3 Å². The third kappa shape index (κ3) is 3.92. The zero-order valence-electron chi connectivity index (χ0n) is 10.5. The summed E-state index contributed by atoms with van der Waals surface area (Å²) < 4.78 is 18.9. The molecule has 1 aromatic carbocycles. The summed E-state index contributed by atoms with van der Waals surface area (Å²) >= 11 is 5.63. The Bertz CT molecular complexity index is 403. The third-order valence-electron chi connectivity index (χ3n) is 3.03. The van der Waals surface area contributed by atoms with Crippen LogP contribution >= 0.6 is 11.6 Å². The summed E-state index contributed by atoms with van der Waals surface area (Å²) in [6.07, 6.45) is 0.209. The summed E-state index contributed by atoms with van der Waals surface area (Å²) in [6.45, 7) is 4.09. The molecule has 2 rings (SSSR count). The van der Waals surface area contributed by atoms with Crippen molar-refractivity contribution in [3.63, 3.8) is 0 Å². The number of rotatable bonds is 4. The smallest absolute Gasteiger partial charge is 0.142 e. The van der Waals surface area contributed by atoms with E-state index in [4.69, 9.17) is 16.3 Å². The van der Waals surface area contributed by atoms with E-state index in [1.807, 2.05) is 6.07 Å². The number of benzene rings is 1. The van der Waals surface area contributed by atoms with Gasteiger partial charge in [0.15, 0.2) is 0 Å². The average molecular weight is 273 g/mol. The van der Waals surface area contributed by atoms with Gasteiger partial charge in [0.2, 0.25) is 0 Å². The molecule has 3 nitrogen and oxygen atoms in total. The fourth-order valence-electron chi connectivity index (χ4n) is 2.02. The zero-order valence-corrected chi connectivity index (χ0v) is 11.2. The standard InChI is InChI=1S/C13H18ClFN2O/c1-17-4-5-18-11(9-17)8-16-7-10-2-3-12(14)13(15)6-10/h2-3,6,11,16H,4-5,7-9H2,1H3/t11-/m0/s1. The Morgan fingerprint density at radius 2 is 2.39 bits per heavy atom. The fraction of sp³-hybridized carbons (Fsp3) is 0.538. The van der Waals surface area contributed by atoms with Gasteiger partial charge in [-0.2, -0.15) is 0 Å². The second kappa shape index (κ2) is 6.48. The Kier molecular flexibility index (Phi) is 4.95. The van der Waals surface area contributed by atoms with Crippen molar-refractivity contribution in [1.82, 2.24) is 10.2 Å². The zero-order chi connectivity index (χ0) is 13.0. The van der Waals surface area contributed by atoms with Gasteiger partial charge in [-0.05, 0) is 24.7 Å². The van der Waals surface area contributed by atoms with Crippen molar-refractivity contribution in [2.45, 2.75) is 12.6 Å². The molecule has 1 N–H and O–H groups in total. The van der Waals surface area contributed by atoms with Gasteiger partial charge in [-0.1, -0.05) is 17.7 Å². The number of morpholine rings is 1. The summed E-state index contributed by atoms with van der Waals surface area (Å²) in [5.41, 5.74) is 0.890. The number of hydrogen-bond acceptors (Lipinski definition) is 3. The minimum Gasteiger partial charge on any atom is -0.374 e. The molecule has 0 aromatic heterocycles. The van der Waals surface area contributed by atoms with Crippen molar-refractivity contribution in [3.05, 3.63) is 34.6 Å². The van der Waals surface area contributed by atoms with Crippen LogP contribution < -0.4 is 5.32 Å². The summed E-state index contributed by atoms with van der Waals surface area (Å²) in [7, 11) is 2.09. The van der Waals surface area contributed by atoms with E-state index in [-0.39, 0.29) is 16.9 Å². The van der Waals surface area contributed by atoms with E-state index in [9.17, 15) is 4.39 Å². The lowest BCUT2D eigenvalue weighted by molar-refractivity contribution is -0.0182. The van der Waals surface area contributed by atoms with E-state index in [0.717, 1.165) is 31.8 Å². The number of likely N-dealkylation sites (N-methyl/N-ethyl adjacent to an activating group) is 1. The normalized spacial score (nSPS) is 21.2. The molecule has 1 aromatic rings. The van der Waals surface area contributed by atoms with Gasteiger partial charge in [-0.3, -0.25) is 0 Å². The molecule has 1 saturated heterocycles. The van der Waals surface area contributed by atoms with Gasteiger partial charge in [0.05, 0.1) is 17.7 Å². The van der Waals surface area contributed by atoms with Gasteiger partial charge in [0.1, 0.15) is 5.82 Å². The van der Waals surface area contributed by atoms with E-state index in [0.29, 0.717) is 6.54 Å². The van der Waals surface area contributed by atoms with Crippen molar-refractivity contribution < 1.29 is 9.13 Å². The van der Waals surface area contributed by atoms with Crippen molar-refractivity contribution >= 4 is 11.6 Å². The highest BCUT2D eigenvalue weighted by atomic mass is 35.5. The second-order valence-corrected chi connectivity index (χ2v) is 5.04. The van der Waals surface area contributed by atoms with Crippen LogP contribution in [0.3, 0.4) is 0 Å². The Morgan fingerprint density at radius 3 is 3.11 bits per heavy atom. The van der Waals surface area contributed by atoms with Crippen molar-refractivity contribution in [2.75, 3.05) is 33.3 Å². The van der Waals surface area contributed by atoms with Crippen LogP contribution in [0, 0.1) is 5.82 Å². The topological polar surface area (TPSA) is 24.5 Å². The van der Waals surface area contributed by atoms with E-state index < -0.39 is 0 Å². The van der Waals surface area contributed by atoms with E-state index in [2.05, 4.69) is 17.3 Å². The largest absolute Gasteiger partial charge is 0.374 e. The molecule has 5 heteroatoms. The Balaban J connectivity index is 1.76. The van der Waals surface area contributed by atoms with Crippen LogP contribution in [0.4, 0.5) is 4.39 Å². The first-order valence-electron chi connectivity index (χ1n) is 6.10. The first-order chi connectivity index (χ1) is 8.65. The van der Waals surface area contributed by atoms with Gasteiger partial charge in [-0.25, -0.2) is 4.39 Å². The number of nitrogens with zero attached hydrogens (tertiary/aromatic N) is 1. The molecule has 0 unspecified atom stereocenters. The summed E-state index contributed by atoms with van der Waals surface area (Å²) in [4.78, 5) is 2.25. The molecule has 0 amide bonds. The molecule has 0 bridgehead atoms. The van der Waals surface area contributed by atoms with Gasteiger partial charge in [0.25, 0.3) is 0 Å². The summed E-state index contributed by atoms with van der Waals surface area (Å²) in [5, 5.41) is 3.44. The maximum Gasteiger partial charge on any atom is 0.142 e. The molecule has 100 valence electrons. The van der Waals surface area contributed by atoms with Crippen LogP contribution in [0.25, 0.3) is 0 Å². The molecule has 0 saturated carbocycles. The van der Waals surface area contributed by atoms with Crippen LogP contribution in [0.15, 0.2) is 18.2 Å². The molecule has 18 heavy (non-hydrogen) atoms. The molecular formula is C13H18ClFN2O. The lowest BCUT2D eigenvalue weighted by Crippen LogP contribution is -2.44. The van der Waals surface area contributed by atoms with E-state index in [1.165, 1.54) is 6.07 Å². The molecule has 1 atom stereocenters. The average Bonchev–Trinajstić information content (AvgIpc) is 2.34. The molecule has 1 aliphatic heterocycles. The highest BCUT2D eigenvalue weighted by Crippen LogP contribution is 2.15. The first kappa shape index (κ1) is 13.7. The van der Waals surface area contributed by atoms with Gasteiger partial charge >= 0.3 is 0 Å². The number of halogens is 2. The predicted octanol–water partition coefficient (Wildman–Crippen LogP) is 1.90. The van der Waals surface area contributed by atoms with Gasteiger partial charge < -0.3 is 15.0 Å². The lowest BCUT2D eigenvalue weighted by atomic mass is 10.2. The SMILES string of the molecule is CN1CCO[C@@H](CNCc2ccc(Cl)c(F)c2)C1. The maximum absolute atomic E-state index is 13.2. The van der Waals surface area contributed by atoms with Crippen LogP contribution in [0.2, 0.25) is 5.02 Å². The molecule has 0 aliphatic carbocycles. The van der Waals surface area contributed by atoms with Gasteiger partial charge in [-0.15, -0.1) is 0 Å². The number of ether oxygens (including phenoxy) is 1. The highest BCUT2D eigenvalue weighted by Gasteiger charge is 2.16. The van der Waals surface area contributed by atoms with Gasteiger partial charge in [0, 0.05) is 26.2 Å². The summed E-state index contributed by atoms with van der Waals surface area (Å²) in [5.74, 6) is -0.371. The minimum atomic E-state index is -0.371. The van der Waals surface area contributed by atoms with Crippen LogP contribution in [-0.2, 0) is 11.3 Å². The second-order valence-electron chi connectivity index (χ2n) is 4.63. The Morgan fingerprint density at radius 1 is 1.56 bits per heavy atom. The summed E-state index contributed by atoms with van der Waals surface area (Å²) in [6, 6.07) is 4.87. The van der Waals surface area contributed by atoms with Crippen molar-refractivity contribution in [2.24, 2.45) is 0 Å². The lowest BCUT2D eigenvalue weighted by Gasteiger charge is -2.30. The first-order valence-corrected chi connectivity index (χ1v) is 6.48. The van der Waals surface area contributed by atoms with Crippen molar-refractivity contribution in [1.29, 1.82) is 0 Å². The van der Waals surface area contributed by atoms with E-state index in [1.54, 1.807) is 6.07 Å². The highest BCUT2D eigenvalue weighted by molar-refractivity contribution is 6.30. The van der Waals surface area contributed by atoms with Crippen molar-refractivity contribution in [3.8, 4) is 0 Å². The maximum atomic E-state index is 13.2. The minimum absolute atomic E-state index is 0.163. The number of nitrogens with one attached hydrogen (secondary N) is 1. The fourth-order valence-corrected chi connectivity index (χ4v) is 2.13. The number of hydrogen-bond donors (Lipinski definition) is 1.